The van der Waals surface area contributed by atoms with Crippen LogP contribution in [0.5, 0.6) is 0 Å². The number of halogens is 5. The number of sulfonamides is 1. The molecule has 0 unspecified atom stereocenters. The van der Waals surface area contributed by atoms with Crippen molar-refractivity contribution >= 4 is 184 Å². The summed E-state index contributed by atoms with van der Waals surface area (Å²) in [5, 5.41) is 38.9. The number of hydrogen-bond donors (Lipinski definition) is 3. The first kappa shape index (κ1) is 124. The van der Waals surface area contributed by atoms with Gasteiger partial charge in [0.05, 0.1) is 104 Å². The molecule has 796 valence electrons. The number of benzene rings is 5. The molecule has 0 atom stereocenters. The zero-order valence-electron chi connectivity index (χ0n) is 82.6. The van der Waals surface area contributed by atoms with E-state index < -0.39 is 53.8 Å². The summed E-state index contributed by atoms with van der Waals surface area (Å²) in [6, 6.07) is 44.1. The summed E-state index contributed by atoms with van der Waals surface area (Å²) in [4.78, 5) is 112. The predicted octanol–water partition coefficient (Wildman–Crippen LogP) is 16.6. The second-order valence-corrected chi connectivity index (χ2v) is 43.3. The van der Waals surface area contributed by atoms with Crippen LogP contribution in [0.1, 0.15) is 89.1 Å². The van der Waals surface area contributed by atoms with E-state index in [1.54, 1.807) is 67.3 Å². The van der Waals surface area contributed by atoms with Crippen molar-refractivity contribution in [1.82, 2.24) is 84.4 Å². The third-order valence-corrected chi connectivity index (χ3v) is 23.6. The molecule has 18 rings (SSSR count). The number of para-hydroxylation sites is 1. The SMILES string of the molecule is C.C.C.C.CCCc1cc(N2CCN(C)CC2)nc(C)n1.CS(=O)(=O)Cl.Cc1nc(CN(C)c2ccc(N)c3cccnc23)cc(N2CCN(C)CC2)n1.Cc1nc(CN(C)c2ccc(NS(C)(=O)=O)c3cccnc23)cc(N2CCN(C)CC2)n1.Cc1nc(CN(C)c2ccc([N+](=O)[O-])c3cccnc23)cc(N2CCN(C)CC2)n1.Fc1cccc2cccnc12.O=[N+]([O-])O.O=[N+]([O-])c1ccc(F)c2ncccc12.[Cl][Sn][Cl]. The maximum absolute atomic E-state index is 13.1. The first-order valence-electron chi connectivity index (χ1n) is 45.7. The van der Waals surface area contributed by atoms with Crippen LogP contribution in [-0.2, 0) is 45.1 Å². The first-order chi connectivity index (χ1) is 68.5. The number of nitro benzene ring substituents is 2. The van der Waals surface area contributed by atoms with Crippen LogP contribution >= 0.6 is 28.5 Å². The minimum atomic E-state index is -3.39. The number of nitrogens with zero attached hydrogens (tertiary/aromatic N) is 27. The number of aryl methyl sites for hydroxylation is 5. The molecule has 14 aromatic rings. The van der Waals surface area contributed by atoms with Crippen LogP contribution in [0.25, 0.3) is 54.5 Å². The molecule has 0 saturated carbocycles. The molecular formula is C100H134Cl3F2N29O11S2Sn. The van der Waals surface area contributed by atoms with Gasteiger partial charge in [-0.3, -0.25) is 49.9 Å². The fourth-order valence-electron chi connectivity index (χ4n) is 16.1. The van der Waals surface area contributed by atoms with Gasteiger partial charge in [-0.1, -0.05) is 61.3 Å². The molecule has 5 aromatic carbocycles. The molecule has 0 bridgehead atoms. The van der Waals surface area contributed by atoms with E-state index in [1.165, 1.54) is 36.2 Å². The number of nitrogens with one attached hydrogen (secondary N) is 1. The van der Waals surface area contributed by atoms with Crippen LogP contribution in [0.2, 0.25) is 0 Å². The van der Waals surface area contributed by atoms with Crippen molar-refractivity contribution in [1.29, 1.82) is 0 Å². The number of rotatable bonds is 19. The summed E-state index contributed by atoms with van der Waals surface area (Å²) in [5.74, 6) is 6.41. The Morgan fingerprint density at radius 3 is 1.06 bits per heavy atom. The zero-order valence-corrected chi connectivity index (χ0v) is 89.3. The van der Waals surface area contributed by atoms with Gasteiger partial charge in [-0.2, -0.15) is 0 Å². The zero-order chi connectivity index (χ0) is 105. The number of likely N-dealkylation sites (N-methyl/N-ethyl adjacent to an activating group) is 4. The molecule has 4 fully saturated rings. The summed E-state index contributed by atoms with van der Waals surface area (Å²) in [6.07, 6.45) is 12.4. The van der Waals surface area contributed by atoms with E-state index in [4.69, 9.17) is 38.9 Å². The van der Waals surface area contributed by atoms with Crippen molar-refractivity contribution in [2.75, 3.05) is 211 Å². The van der Waals surface area contributed by atoms with E-state index >= 15 is 0 Å². The maximum atomic E-state index is 13.1. The Hall–Kier alpha value is -13.1. The molecule has 4 aliphatic heterocycles. The van der Waals surface area contributed by atoms with Crippen molar-refractivity contribution in [3.8, 4) is 0 Å². The van der Waals surface area contributed by atoms with E-state index in [9.17, 15) is 45.8 Å². The average Bonchev–Trinajstić information content (AvgIpc) is 0.792. The molecule has 2 radical (unpaired) electrons. The number of nitrogens with two attached hydrogens (primary N) is 1. The van der Waals surface area contributed by atoms with Crippen LogP contribution in [0.4, 0.5) is 71.9 Å². The van der Waals surface area contributed by atoms with Crippen LogP contribution in [0, 0.1) is 69.7 Å². The Morgan fingerprint density at radius 2 is 0.703 bits per heavy atom. The van der Waals surface area contributed by atoms with E-state index in [0.29, 0.717) is 41.7 Å². The number of nitrogen functional groups attached to an aromatic ring is 1. The predicted molar refractivity (Wildman–Crippen MR) is 595 cm³/mol. The third-order valence-electron chi connectivity index (χ3n) is 23.0. The average molecular weight is 2250 g/mol. The Bertz CT molecular complexity index is 6940. The fourth-order valence-corrected chi connectivity index (χ4v) is 16.6. The Morgan fingerprint density at radius 1 is 0.419 bits per heavy atom. The van der Waals surface area contributed by atoms with E-state index in [0.717, 1.165) is 256 Å². The van der Waals surface area contributed by atoms with Gasteiger partial charge < -0.3 is 64.8 Å². The summed E-state index contributed by atoms with van der Waals surface area (Å²) >= 11 is -0.826. The van der Waals surface area contributed by atoms with Crippen LogP contribution < -0.4 is 44.8 Å². The van der Waals surface area contributed by atoms with E-state index in [1.807, 2.05) is 101 Å². The van der Waals surface area contributed by atoms with Gasteiger partial charge in [-0.15, -0.1) is 10.1 Å². The number of aromatic nitrogens is 13. The normalized spacial score (nSPS) is 13.6. The number of piperazine rings is 4. The van der Waals surface area contributed by atoms with Crippen molar-refractivity contribution in [2.24, 2.45) is 0 Å². The van der Waals surface area contributed by atoms with Crippen molar-refractivity contribution in [3.63, 3.8) is 0 Å². The van der Waals surface area contributed by atoms with Gasteiger partial charge in [0.1, 0.15) is 74.8 Å². The molecule has 40 nitrogen and oxygen atoms in total. The van der Waals surface area contributed by atoms with Crippen molar-refractivity contribution in [3.05, 3.63) is 271 Å². The molecule has 4 N–H and O–H groups in total. The number of fused-ring (bicyclic) bond motifs is 5. The quantitative estimate of drug-likeness (QED) is 0.0222. The van der Waals surface area contributed by atoms with Gasteiger partial charge >= 0.3 is 36.7 Å². The number of non-ortho nitro benzene ring substituents is 2. The molecule has 9 aromatic heterocycles. The Kier molecular flexibility index (Phi) is 49.5. The Labute approximate surface area is 886 Å². The van der Waals surface area contributed by atoms with Gasteiger partial charge in [-0.05, 0) is 159 Å². The van der Waals surface area contributed by atoms with Gasteiger partial charge in [0, 0.05) is 231 Å². The molecule has 4 saturated heterocycles. The summed E-state index contributed by atoms with van der Waals surface area (Å²) in [6.45, 7) is 28.1. The van der Waals surface area contributed by atoms with Crippen molar-refractivity contribution < 1.29 is 45.8 Å². The molecule has 4 aliphatic rings. The summed E-state index contributed by atoms with van der Waals surface area (Å²) < 4.78 is 70.9. The topological polar surface area (TPSA) is 459 Å². The van der Waals surface area contributed by atoms with Crippen LogP contribution in [0.3, 0.4) is 0 Å². The molecule has 0 aliphatic carbocycles. The van der Waals surface area contributed by atoms with Crippen LogP contribution in [0.15, 0.2) is 183 Å². The Balaban J connectivity index is 0.000000271. The molecule has 148 heavy (non-hydrogen) atoms. The summed E-state index contributed by atoms with van der Waals surface area (Å²) in [7, 11) is 22.4. The standard InChI is InChI=1S/C22H29N7O2S.C21H25N7O2.C21H27N7.C13H22N4.C9H5FN2O2.C9H6FN.CH3ClO2S.4CH4.2ClH.HNO3.Sn/c1-16-24-17(14-21(25-16)29-12-10-27(2)11-13-29)15-28(3)20-8-7-19(26-32(4,30)31)18-6-5-9-23-22(18)20;1-15-23-16(13-20(24-15)27-11-9-25(2)10-12-27)14-26(3)19-7-6-18(28(29)30)17-5-4-8-22-21(17)19;1-15-24-16(13-20(25-15)28-11-9-26(2)10-12-28)14-27(3)19-7-6-18(22)17-5-4-8-23-21(17)19;1-4-5-12-10-13(15-11(2)14-12)17-8-6-16(3)7-9-17;10-7-3-4-8(12(13)14)6-2-1-5-11-9(6)7;10-8-5-1-3-7-4-2-6-11-9(7)8;1-5(2,3)4;;;;;;;2-1(3)4;/h5-9,14,26H,10-13,15H2,1-4H3;4-8,13H,9-12,14H2,1-3H3;4-8,13H,9-12,14,22H2,1-3H3;10H,4-9H2,1-3H3;1-5H;1-6H;1H3;4*1H4;2*1H;(H,2,3,4);/q;;;;;;;;;;;;;;+2/p-2. The fraction of sp³-hybridized carbons (Fsp3) is 0.390. The monoisotopic (exact) mass is 2240 g/mol. The van der Waals surface area contributed by atoms with E-state index in [-0.39, 0.29) is 62.7 Å². The van der Waals surface area contributed by atoms with Crippen LogP contribution in [-0.4, -0.2) is 307 Å². The number of hydrogen-bond acceptors (Lipinski definition) is 35. The van der Waals surface area contributed by atoms with Gasteiger partial charge in [0.15, 0.2) is 0 Å². The second kappa shape index (κ2) is 59.2. The number of pyridine rings is 5. The first-order valence-corrected chi connectivity index (χ1v) is 57.5. The van der Waals surface area contributed by atoms with Gasteiger partial charge in [0.25, 0.3) is 16.5 Å². The van der Waals surface area contributed by atoms with E-state index in [2.05, 4.69) is 190 Å². The molecular weight excluding hydrogens is 2110 g/mol. The molecule has 0 amide bonds. The second-order valence-electron chi connectivity index (χ2n) is 34.3. The van der Waals surface area contributed by atoms with Gasteiger partial charge in [-0.25, -0.2) is 65.5 Å². The summed E-state index contributed by atoms with van der Waals surface area (Å²) in [5.41, 5.74) is 16.8. The molecule has 13 heterocycles. The molecule has 48 heteroatoms. The van der Waals surface area contributed by atoms with Crippen molar-refractivity contribution in [2.45, 2.75) is 96.8 Å². The molecule has 0 spiro atoms. The van der Waals surface area contributed by atoms with Gasteiger partial charge in [0.2, 0.25) is 19.1 Å². The number of nitro groups is 2. The minimum absolute atomic E-state index is 0. The number of anilines is 9. The third kappa shape index (κ3) is 37.6.